The van der Waals surface area contributed by atoms with Crippen molar-refractivity contribution in [2.45, 2.75) is 11.6 Å². The molecule has 4 rings (SSSR count). The molecule has 132 valence electrons. The van der Waals surface area contributed by atoms with Crippen molar-refractivity contribution in [2.24, 2.45) is 0 Å². The number of carbonyl (C=O) groups excluding carboxylic acids is 1. The first kappa shape index (κ1) is 16.5. The molecule has 1 aromatic carbocycles. The van der Waals surface area contributed by atoms with Crippen LogP contribution >= 0.6 is 11.8 Å². The van der Waals surface area contributed by atoms with Crippen molar-refractivity contribution >= 4 is 28.6 Å². The SMILES string of the molecule is O=C(CSc1nnc(-c2ccco2)o1)NCCc1c[nH]c2ccccc12. The second kappa shape index (κ2) is 7.49. The van der Waals surface area contributed by atoms with E-state index in [1.807, 2.05) is 24.4 Å². The van der Waals surface area contributed by atoms with Gasteiger partial charge in [-0.3, -0.25) is 4.79 Å². The smallest absolute Gasteiger partial charge is 0.284 e. The molecular formula is C18H16N4O3S. The average Bonchev–Trinajstić information content (AvgIpc) is 3.40. The summed E-state index contributed by atoms with van der Waals surface area (Å²) in [6.07, 6.45) is 4.29. The number of fused-ring (bicyclic) bond motifs is 1. The summed E-state index contributed by atoms with van der Waals surface area (Å²) in [5.74, 6) is 0.950. The molecule has 0 aliphatic carbocycles. The number of nitrogens with one attached hydrogen (secondary N) is 2. The molecule has 0 radical (unpaired) electrons. The zero-order valence-electron chi connectivity index (χ0n) is 13.8. The Morgan fingerprint density at radius 1 is 1.19 bits per heavy atom. The number of amides is 1. The van der Waals surface area contributed by atoms with E-state index < -0.39 is 0 Å². The zero-order valence-corrected chi connectivity index (χ0v) is 14.6. The Kier molecular flexibility index (Phi) is 4.74. The highest BCUT2D eigenvalue weighted by Gasteiger charge is 2.12. The van der Waals surface area contributed by atoms with Crippen molar-refractivity contribution in [2.75, 3.05) is 12.3 Å². The summed E-state index contributed by atoms with van der Waals surface area (Å²) in [6.45, 7) is 0.572. The predicted octanol–water partition coefficient (Wildman–Crippen LogP) is 3.26. The highest BCUT2D eigenvalue weighted by Crippen LogP contribution is 2.23. The maximum Gasteiger partial charge on any atom is 0.284 e. The molecule has 0 atom stereocenters. The summed E-state index contributed by atoms with van der Waals surface area (Å²) >= 11 is 1.20. The fourth-order valence-corrected chi connectivity index (χ4v) is 3.21. The van der Waals surface area contributed by atoms with Crippen LogP contribution in [0.5, 0.6) is 0 Å². The number of aromatic amines is 1. The van der Waals surface area contributed by atoms with Crippen LogP contribution < -0.4 is 5.32 Å². The van der Waals surface area contributed by atoms with E-state index in [1.165, 1.54) is 29.0 Å². The fourth-order valence-electron chi connectivity index (χ4n) is 2.62. The molecule has 7 nitrogen and oxygen atoms in total. The molecule has 3 aromatic heterocycles. The van der Waals surface area contributed by atoms with Gasteiger partial charge in [0.15, 0.2) is 5.76 Å². The Hall–Kier alpha value is -3.00. The Bertz CT molecular complexity index is 1010. The van der Waals surface area contributed by atoms with Crippen LogP contribution in [0.3, 0.4) is 0 Å². The Balaban J connectivity index is 1.24. The number of benzene rings is 1. The van der Waals surface area contributed by atoms with Gasteiger partial charge in [-0.15, -0.1) is 10.2 Å². The molecule has 2 N–H and O–H groups in total. The summed E-state index contributed by atoms with van der Waals surface area (Å²) in [4.78, 5) is 15.2. The Morgan fingerprint density at radius 3 is 3.00 bits per heavy atom. The minimum atomic E-state index is -0.0763. The normalized spacial score (nSPS) is 11.1. The third-order valence-electron chi connectivity index (χ3n) is 3.86. The van der Waals surface area contributed by atoms with Crippen molar-refractivity contribution in [3.8, 4) is 11.7 Å². The number of hydrogen-bond donors (Lipinski definition) is 2. The minimum absolute atomic E-state index is 0.0763. The number of aromatic nitrogens is 3. The van der Waals surface area contributed by atoms with Gasteiger partial charge in [0.05, 0.1) is 12.0 Å². The van der Waals surface area contributed by atoms with E-state index in [4.69, 9.17) is 8.83 Å². The first-order chi connectivity index (χ1) is 12.8. The van der Waals surface area contributed by atoms with Crippen LogP contribution in [0.15, 0.2) is 62.9 Å². The highest BCUT2D eigenvalue weighted by molar-refractivity contribution is 7.99. The summed E-state index contributed by atoms with van der Waals surface area (Å²) in [7, 11) is 0. The number of nitrogens with zero attached hydrogens (tertiary/aromatic N) is 2. The lowest BCUT2D eigenvalue weighted by Crippen LogP contribution is -2.27. The van der Waals surface area contributed by atoms with Gasteiger partial charge in [-0.25, -0.2) is 0 Å². The molecule has 0 unspecified atom stereocenters. The van der Waals surface area contributed by atoms with E-state index in [1.54, 1.807) is 12.1 Å². The van der Waals surface area contributed by atoms with Gasteiger partial charge < -0.3 is 19.1 Å². The second-order valence-electron chi connectivity index (χ2n) is 5.60. The van der Waals surface area contributed by atoms with Crippen molar-refractivity contribution in [1.29, 1.82) is 0 Å². The molecule has 0 saturated carbocycles. The molecule has 1 amide bonds. The number of hydrogen-bond acceptors (Lipinski definition) is 6. The van der Waals surface area contributed by atoms with E-state index in [0.29, 0.717) is 23.4 Å². The van der Waals surface area contributed by atoms with Crippen molar-refractivity contribution in [1.82, 2.24) is 20.5 Å². The Morgan fingerprint density at radius 2 is 2.12 bits per heavy atom. The third-order valence-corrected chi connectivity index (χ3v) is 4.68. The lowest BCUT2D eigenvalue weighted by atomic mass is 10.1. The molecule has 0 aliphatic heterocycles. The van der Waals surface area contributed by atoms with Crippen molar-refractivity contribution in [3.05, 3.63) is 54.4 Å². The van der Waals surface area contributed by atoms with Crippen LogP contribution in [0.1, 0.15) is 5.56 Å². The first-order valence-electron chi connectivity index (χ1n) is 8.11. The molecule has 0 aliphatic rings. The highest BCUT2D eigenvalue weighted by atomic mass is 32.2. The van der Waals surface area contributed by atoms with Crippen LogP contribution in [0.4, 0.5) is 0 Å². The molecule has 0 saturated heterocycles. The molecule has 0 bridgehead atoms. The van der Waals surface area contributed by atoms with E-state index in [-0.39, 0.29) is 11.7 Å². The number of rotatable bonds is 7. The molecule has 8 heteroatoms. The number of furan rings is 1. The maximum absolute atomic E-state index is 12.0. The summed E-state index contributed by atoms with van der Waals surface area (Å²) in [5, 5.41) is 12.2. The monoisotopic (exact) mass is 368 g/mol. The molecular weight excluding hydrogens is 352 g/mol. The molecule has 26 heavy (non-hydrogen) atoms. The van der Waals surface area contributed by atoms with Gasteiger partial charge in [-0.2, -0.15) is 0 Å². The van der Waals surface area contributed by atoms with Crippen LogP contribution in [0.25, 0.3) is 22.6 Å². The third kappa shape index (κ3) is 3.65. The van der Waals surface area contributed by atoms with Crippen LogP contribution in [-0.4, -0.2) is 33.4 Å². The van der Waals surface area contributed by atoms with Gasteiger partial charge in [0.25, 0.3) is 11.1 Å². The standard InChI is InChI=1S/C18H16N4O3S/c23-16(11-26-18-22-21-17(25-18)15-6-3-9-24-15)19-8-7-12-10-20-14-5-2-1-4-13(12)14/h1-6,9-10,20H,7-8,11H2,(H,19,23). The van der Waals surface area contributed by atoms with Crippen LogP contribution in [0.2, 0.25) is 0 Å². The lowest BCUT2D eigenvalue weighted by Gasteiger charge is -2.03. The lowest BCUT2D eigenvalue weighted by molar-refractivity contribution is -0.118. The van der Waals surface area contributed by atoms with Crippen LogP contribution in [0, 0.1) is 0 Å². The summed E-state index contributed by atoms with van der Waals surface area (Å²) < 4.78 is 10.6. The van der Waals surface area contributed by atoms with E-state index >= 15 is 0 Å². The quantitative estimate of drug-likeness (QED) is 0.486. The van der Waals surface area contributed by atoms with Gasteiger partial charge in [-0.1, -0.05) is 30.0 Å². The molecule has 0 spiro atoms. The number of carbonyl (C=O) groups is 1. The van der Waals surface area contributed by atoms with Crippen molar-refractivity contribution in [3.63, 3.8) is 0 Å². The average molecular weight is 368 g/mol. The van der Waals surface area contributed by atoms with E-state index in [9.17, 15) is 4.79 Å². The van der Waals surface area contributed by atoms with Gasteiger partial charge in [0.2, 0.25) is 5.91 Å². The summed E-state index contributed by atoms with van der Waals surface area (Å²) in [6, 6.07) is 11.6. The fraction of sp³-hybridized carbons (Fsp3) is 0.167. The topological polar surface area (TPSA) is 96.9 Å². The predicted molar refractivity (Wildman–Crippen MR) is 97.7 cm³/mol. The van der Waals surface area contributed by atoms with Crippen LogP contribution in [-0.2, 0) is 11.2 Å². The molecule has 4 aromatic rings. The largest absolute Gasteiger partial charge is 0.459 e. The summed E-state index contributed by atoms with van der Waals surface area (Å²) in [5.41, 5.74) is 2.29. The van der Waals surface area contributed by atoms with Gasteiger partial charge >= 0.3 is 0 Å². The van der Waals surface area contributed by atoms with E-state index in [2.05, 4.69) is 26.6 Å². The minimum Gasteiger partial charge on any atom is -0.459 e. The van der Waals surface area contributed by atoms with Gasteiger partial charge in [-0.05, 0) is 30.2 Å². The Labute approximate surface area is 153 Å². The van der Waals surface area contributed by atoms with Crippen molar-refractivity contribution < 1.29 is 13.6 Å². The zero-order chi connectivity index (χ0) is 17.8. The van der Waals surface area contributed by atoms with E-state index in [0.717, 1.165) is 11.9 Å². The molecule has 0 fully saturated rings. The maximum atomic E-state index is 12.0. The van der Waals surface area contributed by atoms with Gasteiger partial charge in [0, 0.05) is 23.6 Å². The number of para-hydroxylation sites is 1. The first-order valence-corrected chi connectivity index (χ1v) is 9.10. The van der Waals surface area contributed by atoms with Gasteiger partial charge in [0.1, 0.15) is 0 Å². The second-order valence-corrected chi connectivity index (χ2v) is 6.53. The number of H-pyrrole nitrogens is 1. The molecule has 3 heterocycles. The number of thioether (sulfide) groups is 1.